The molecule has 0 bridgehead atoms. The summed E-state index contributed by atoms with van der Waals surface area (Å²) < 4.78 is 0. The van der Waals surface area contributed by atoms with Crippen molar-refractivity contribution in [2.45, 2.75) is 39.2 Å². The lowest BCUT2D eigenvalue weighted by atomic mass is 10.2. The topological polar surface area (TPSA) is 108 Å². The molecule has 3 N–H and O–H groups in total. The van der Waals surface area contributed by atoms with E-state index in [9.17, 15) is 9.59 Å². The molecular formula is C10H16N4O3. The maximum Gasteiger partial charge on any atom is 0.305 e. The van der Waals surface area contributed by atoms with Crippen molar-refractivity contribution in [1.29, 1.82) is 0 Å². The van der Waals surface area contributed by atoms with Crippen molar-refractivity contribution in [2.24, 2.45) is 0 Å². The van der Waals surface area contributed by atoms with E-state index < -0.39 is 17.9 Å². The molecule has 0 aliphatic rings. The van der Waals surface area contributed by atoms with Gasteiger partial charge in [-0.1, -0.05) is 13.8 Å². The van der Waals surface area contributed by atoms with Gasteiger partial charge < -0.3 is 10.4 Å². The fourth-order valence-corrected chi connectivity index (χ4v) is 1.24. The van der Waals surface area contributed by atoms with Gasteiger partial charge >= 0.3 is 5.97 Å². The normalized spacial score (nSPS) is 12.5. The summed E-state index contributed by atoms with van der Waals surface area (Å²) in [6.07, 6.45) is -0.132. The van der Waals surface area contributed by atoms with Crippen molar-refractivity contribution in [2.75, 3.05) is 0 Å². The van der Waals surface area contributed by atoms with Crippen LogP contribution in [0.4, 0.5) is 0 Å². The van der Waals surface area contributed by atoms with Crippen LogP contribution in [0.5, 0.6) is 0 Å². The highest BCUT2D eigenvalue weighted by Crippen LogP contribution is 2.07. The molecule has 0 aliphatic carbocycles. The molecule has 17 heavy (non-hydrogen) atoms. The number of nitrogens with zero attached hydrogens (tertiary/aromatic N) is 2. The van der Waals surface area contributed by atoms with Crippen LogP contribution in [0.2, 0.25) is 0 Å². The standard InChI is InChI=1S/C10H16N4O3/c1-5(2)8-12-9(14-13-8)10(17)11-6(3)4-7(15)16/h5-6H,4H2,1-3H3,(H,11,17)(H,15,16)(H,12,13,14). The molecule has 0 radical (unpaired) electrons. The van der Waals surface area contributed by atoms with E-state index in [0.29, 0.717) is 5.82 Å². The molecule has 1 rings (SSSR count). The maximum absolute atomic E-state index is 11.6. The van der Waals surface area contributed by atoms with E-state index in [4.69, 9.17) is 5.11 Å². The molecule has 1 amide bonds. The van der Waals surface area contributed by atoms with Crippen molar-refractivity contribution < 1.29 is 14.7 Å². The number of carboxylic acid groups (broad SMARTS) is 1. The Labute approximate surface area is 98.6 Å². The van der Waals surface area contributed by atoms with Crippen molar-refractivity contribution >= 4 is 11.9 Å². The van der Waals surface area contributed by atoms with Crippen LogP contribution in [0.15, 0.2) is 0 Å². The largest absolute Gasteiger partial charge is 0.481 e. The van der Waals surface area contributed by atoms with Gasteiger partial charge in [0.25, 0.3) is 5.91 Å². The highest BCUT2D eigenvalue weighted by molar-refractivity contribution is 5.90. The first-order valence-electron chi connectivity index (χ1n) is 5.35. The maximum atomic E-state index is 11.6. The number of H-pyrrole nitrogens is 1. The molecule has 94 valence electrons. The van der Waals surface area contributed by atoms with E-state index in [1.165, 1.54) is 0 Å². The van der Waals surface area contributed by atoms with Gasteiger partial charge in [-0.3, -0.25) is 14.7 Å². The second-order valence-corrected chi connectivity index (χ2v) is 4.17. The zero-order valence-electron chi connectivity index (χ0n) is 10.0. The third-order valence-electron chi connectivity index (χ3n) is 2.11. The molecule has 0 fully saturated rings. The van der Waals surface area contributed by atoms with Crippen LogP contribution in [0.25, 0.3) is 0 Å². The van der Waals surface area contributed by atoms with Crippen molar-refractivity contribution in [3.63, 3.8) is 0 Å². The second-order valence-electron chi connectivity index (χ2n) is 4.17. The molecule has 1 unspecified atom stereocenters. The molecule has 0 saturated carbocycles. The molecule has 1 aromatic heterocycles. The summed E-state index contributed by atoms with van der Waals surface area (Å²) in [7, 11) is 0. The summed E-state index contributed by atoms with van der Waals surface area (Å²) >= 11 is 0. The first kappa shape index (κ1) is 13.1. The van der Waals surface area contributed by atoms with Crippen LogP contribution in [-0.4, -0.2) is 38.2 Å². The number of hydrogen-bond donors (Lipinski definition) is 3. The van der Waals surface area contributed by atoms with Crippen LogP contribution in [0.1, 0.15) is 49.6 Å². The molecule has 1 atom stereocenters. The second kappa shape index (κ2) is 5.42. The lowest BCUT2D eigenvalue weighted by Gasteiger charge is -2.09. The Balaban J connectivity index is 2.60. The Kier molecular flexibility index (Phi) is 4.19. The number of aromatic nitrogens is 3. The number of aromatic amines is 1. The average molecular weight is 240 g/mol. The van der Waals surface area contributed by atoms with E-state index in [0.717, 1.165) is 0 Å². The molecule has 1 aromatic rings. The Morgan fingerprint density at radius 2 is 2.06 bits per heavy atom. The molecule has 0 saturated heterocycles. The average Bonchev–Trinajstić information content (AvgIpc) is 2.64. The van der Waals surface area contributed by atoms with E-state index in [2.05, 4.69) is 20.5 Å². The number of aliphatic carboxylic acids is 1. The number of carboxylic acids is 1. The SMILES string of the molecule is CC(CC(=O)O)NC(=O)c1n[nH]c(C(C)C)n1. The lowest BCUT2D eigenvalue weighted by molar-refractivity contribution is -0.137. The highest BCUT2D eigenvalue weighted by atomic mass is 16.4. The van der Waals surface area contributed by atoms with Crippen LogP contribution in [-0.2, 0) is 4.79 Å². The third kappa shape index (κ3) is 3.86. The highest BCUT2D eigenvalue weighted by Gasteiger charge is 2.17. The zero-order chi connectivity index (χ0) is 13.0. The van der Waals surface area contributed by atoms with Gasteiger partial charge in [0.05, 0.1) is 6.42 Å². The Morgan fingerprint density at radius 1 is 1.41 bits per heavy atom. The van der Waals surface area contributed by atoms with Gasteiger partial charge in [-0.2, -0.15) is 0 Å². The summed E-state index contributed by atoms with van der Waals surface area (Å²) in [6, 6.07) is -0.457. The molecule has 0 aliphatic heterocycles. The van der Waals surface area contributed by atoms with Crippen LogP contribution < -0.4 is 5.32 Å². The van der Waals surface area contributed by atoms with Crippen molar-refractivity contribution in [1.82, 2.24) is 20.5 Å². The van der Waals surface area contributed by atoms with Gasteiger partial charge in [0.1, 0.15) is 5.82 Å². The summed E-state index contributed by atoms with van der Waals surface area (Å²) in [6.45, 7) is 5.46. The molecule has 7 nitrogen and oxygen atoms in total. The number of carbonyl (C=O) groups excluding carboxylic acids is 1. The minimum Gasteiger partial charge on any atom is -0.481 e. The van der Waals surface area contributed by atoms with Crippen molar-refractivity contribution in [3.8, 4) is 0 Å². The number of nitrogens with one attached hydrogen (secondary N) is 2. The van der Waals surface area contributed by atoms with Crippen molar-refractivity contribution in [3.05, 3.63) is 11.6 Å². The van der Waals surface area contributed by atoms with E-state index in [1.54, 1.807) is 6.92 Å². The first-order chi connectivity index (χ1) is 7.90. The molecule has 7 heteroatoms. The number of amides is 1. The minimum absolute atomic E-state index is 0.0333. The van der Waals surface area contributed by atoms with Gasteiger partial charge in [0, 0.05) is 12.0 Å². The van der Waals surface area contributed by atoms with Gasteiger partial charge in [-0.25, -0.2) is 4.98 Å². The fourth-order valence-electron chi connectivity index (χ4n) is 1.24. The summed E-state index contributed by atoms with van der Waals surface area (Å²) in [5.41, 5.74) is 0. The van der Waals surface area contributed by atoms with Gasteiger partial charge in [0.2, 0.25) is 5.82 Å². The zero-order valence-corrected chi connectivity index (χ0v) is 10.0. The molecule has 0 spiro atoms. The van der Waals surface area contributed by atoms with E-state index in [1.807, 2.05) is 13.8 Å². The number of hydrogen-bond acceptors (Lipinski definition) is 4. The summed E-state index contributed by atoms with van der Waals surface area (Å²) in [5, 5.41) is 17.5. The quantitative estimate of drug-likeness (QED) is 0.695. The van der Waals surface area contributed by atoms with Crippen LogP contribution >= 0.6 is 0 Å². The first-order valence-corrected chi connectivity index (χ1v) is 5.35. The smallest absolute Gasteiger partial charge is 0.305 e. The molecule has 0 aromatic carbocycles. The minimum atomic E-state index is -0.962. The van der Waals surface area contributed by atoms with E-state index in [-0.39, 0.29) is 18.2 Å². The Hall–Kier alpha value is -1.92. The van der Waals surface area contributed by atoms with Crippen LogP contribution in [0.3, 0.4) is 0 Å². The number of rotatable bonds is 5. The van der Waals surface area contributed by atoms with E-state index >= 15 is 0 Å². The van der Waals surface area contributed by atoms with Gasteiger partial charge in [0.15, 0.2) is 0 Å². The summed E-state index contributed by atoms with van der Waals surface area (Å²) in [4.78, 5) is 26.1. The van der Waals surface area contributed by atoms with Gasteiger partial charge in [-0.05, 0) is 6.92 Å². The predicted molar refractivity (Wildman–Crippen MR) is 59.7 cm³/mol. The predicted octanol–water partition coefficient (Wildman–Crippen LogP) is 0.521. The Morgan fingerprint density at radius 3 is 2.53 bits per heavy atom. The Bertz CT molecular complexity index is 413. The van der Waals surface area contributed by atoms with Gasteiger partial charge in [-0.15, -0.1) is 5.10 Å². The summed E-state index contributed by atoms with van der Waals surface area (Å²) in [5.74, 6) is -0.620. The molecular weight excluding hydrogens is 224 g/mol. The lowest BCUT2D eigenvalue weighted by Crippen LogP contribution is -2.34. The van der Waals surface area contributed by atoms with Crippen LogP contribution in [0, 0.1) is 0 Å². The fraction of sp³-hybridized carbons (Fsp3) is 0.600. The monoisotopic (exact) mass is 240 g/mol. The number of carbonyl (C=O) groups is 2. The molecule has 1 heterocycles. The third-order valence-corrected chi connectivity index (χ3v) is 2.11.